The predicted octanol–water partition coefficient (Wildman–Crippen LogP) is 2.81. The first-order chi connectivity index (χ1) is 9.04. The lowest BCUT2D eigenvalue weighted by Crippen LogP contribution is -2.02. The fourth-order valence-electron chi connectivity index (χ4n) is 1.56. The van der Waals surface area contributed by atoms with Crippen LogP contribution < -0.4 is 4.74 Å². The maximum Gasteiger partial charge on any atom is 0.335 e. The number of rotatable bonds is 4. The van der Waals surface area contributed by atoms with Crippen LogP contribution in [-0.4, -0.2) is 16.1 Å². The molecule has 2 aromatic rings. The molecule has 0 saturated carbocycles. The SMILES string of the molecule is Cc1ccc(OCc2cc(F)cc(C(=O)O)c2)cn1. The fourth-order valence-corrected chi connectivity index (χ4v) is 1.56. The minimum Gasteiger partial charge on any atom is -0.487 e. The van der Waals surface area contributed by atoms with Crippen molar-refractivity contribution in [2.45, 2.75) is 13.5 Å². The Bertz CT molecular complexity index is 596. The first-order valence-electron chi connectivity index (χ1n) is 5.63. The second kappa shape index (κ2) is 5.48. The lowest BCUT2D eigenvalue weighted by Gasteiger charge is -2.07. The van der Waals surface area contributed by atoms with Gasteiger partial charge in [-0.15, -0.1) is 0 Å². The molecule has 1 aromatic heterocycles. The van der Waals surface area contributed by atoms with E-state index in [1.165, 1.54) is 12.1 Å². The molecule has 0 unspecified atom stereocenters. The molecule has 98 valence electrons. The van der Waals surface area contributed by atoms with Crippen LogP contribution in [0.4, 0.5) is 4.39 Å². The van der Waals surface area contributed by atoms with E-state index in [-0.39, 0.29) is 12.2 Å². The molecule has 0 fully saturated rings. The Labute approximate surface area is 109 Å². The van der Waals surface area contributed by atoms with Gasteiger partial charge in [-0.3, -0.25) is 4.98 Å². The summed E-state index contributed by atoms with van der Waals surface area (Å²) >= 11 is 0. The number of hydrogen-bond donors (Lipinski definition) is 1. The van der Waals surface area contributed by atoms with Crippen molar-refractivity contribution < 1.29 is 19.0 Å². The highest BCUT2D eigenvalue weighted by atomic mass is 19.1. The monoisotopic (exact) mass is 261 g/mol. The molecule has 2 rings (SSSR count). The molecule has 0 aliphatic carbocycles. The van der Waals surface area contributed by atoms with Gasteiger partial charge in [0.15, 0.2) is 0 Å². The van der Waals surface area contributed by atoms with E-state index in [4.69, 9.17) is 9.84 Å². The minimum absolute atomic E-state index is 0.0861. The van der Waals surface area contributed by atoms with Gasteiger partial charge >= 0.3 is 5.97 Å². The van der Waals surface area contributed by atoms with E-state index < -0.39 is 11.8 Å². The molecular formula is C14H12FNO3. The van der Waals surface area contributed by atoms with Crippen LogP contribution in [0.2, 0.25) is 0 Å². The van der Waals surface area contributed by atoms with Gasteiger partial charge in [0.1, 0.15) is 18.2 Å². The van der Waals surface area contributed by atoms with Crippen LogP contribution in [0.5, 0.6) is 5.75 Å². The molecule has 0 saturated heterocycles. The third-order valence-corrected chi connectivity index (χ3v) is 2.49. The van der Waals surface area contributed by atoms with Crippen molar-refractivity contribution in [2.75, 3.05) is 0 Å². The zero-order valence-electron chi connectivity index (χ0n) is 10.3. The van der Waals surface area contributed by atoms with Crippen molar-refractivity contribution in [3.05, 3.63) is 59.2 Å². The second-order valence-electron chi connectivity index (χ2n) is 4.08. The predicted molar refractivity (Wildman–Crippen MR) is 66.7 cm³/mol. The summed E-state index contributed by atoms with van der Waals surface area (Å²) in [6, 6.07) is 7.14. The van der Waals surface area contributed by atoms with Gasteiger partial charge in [-0.2, -0.15) is 0 Å². The molecule has 0 radical (unpaired) electrons. The van der Waals surface area contributed by atoms with E-state index in [9.17, 15) is 9.18 Å². The number of ether oxygens (including phenoxy) is 1. The summed E-state index contributed by atoms with van der Waals surface area (Å²) in [6.45, 7) is 1.94. The van der Waals surface area contributed by atoms with E-state index in [0.717, 1.165) is 11.8 Å². The fraction of sp³-hybridized carbons (Fsp3) is 0.143. The molecular weight excluding hydrogens is 249 g/mol. The van der Waals surface area contributed by atoms with Gasteiger partial charge in [0, 0.05) is 5.69 Å². The second-order valence-corrected chi connectivity index (χ2v) is 4.08. The Morgan fingerprint density at radius 3 is 2.79 bits per heavy atom. The van der Waals surface area contributed by atoms with Gasteiger partial charge in [0.2, 0.25) is 0 Å². The summed E-state index contributed by atoms with van der Waals surface area (Å²) in [4.78, 5) is 14.9. The normalized spacial score (nSPS) is 10.2. The number of pyridine rings is 1. The van der Waals surface area contributed by atoms with Gasteiger partial charge in [-0.05, 0) is 42.8 Å². The van der Waals surface area contributed by atoms with Crippen molar-refractivity contribution in [3.8, 4) is 5.75 Å². The average Bonchev–Trinajstić information content (AvgIpc) is 2.37. The minimum atomic E-state index is -1.17. The molecule has 1 N–H and O–H groups in total. The van der Waals surface area contributed by atoms with Gasteiger partial charge < -0.3 is 9.84 Å². The maximum absolute atomic E-state index is 13.2. The van der Waals surface area contributed by atoms with Gasteiger partial charge in [0.05, 0.1) is 11.8 Å². The quantitative estimate of drug-likeness (QED) is 0.919. The topological polar surface area (TPSA) is 59.4 Å². The van der Waals surface area contributed by atoms with E-state index in [0.29, 0.717) is 11.3 Å². The highest BCUT2D eigenvalue weighted by Gasteiger charge is 2.07. The number of carboxylic acids is 1. The number of aryl methyl sites for hydroxylation is 1. The van der Waals surface area contributed by atoms with E-state index in [1.807, 2.05) is 6.92 Å². The summed E-state index contributed by atoms with van der Waals surface area (Å²) in [7, 11) is 0. The number of benzene rings is 1. The first-order valence-corrected chi connectivity index (χ1v) is 5.63. The van der Waals surface area contributed by atoms with Crippen LogP contribution in [0.3, 0.4) is 0 Å². The summed E-state index contributed by atoms with van der Waals surface area (Å²) in [6.07, 6.45) is 1.56. The van der Waals surface area contributed by atoms with E-state index in [2.05, 4.69) is 4.98 Å². The molecule has 0 amide bonds. The first kappa shape index (κ1) is 13.0. The number of carboxylic acid groups (broad SMARTS) is 1. The van der Waals surface area contributed by atoms with Crippen molar-refractivity contribution in [1.29, 1.82) is 0 Å². The molecule has 0 aliphatic rings. The zero-order valence-corrected chi connectivity index (χ0v) is 10.3. The number of aromatic nitrogens is 1. The maximum atomic E-state index is 13.2. The molecule has 0 bridgehead atoms. The molecule has 0 atom stereocenters. The number of nitrogens with zero attached hydrogens (tertiary/aromatic N) is 1. The summed E-state index contributed by atoms with van der Waals surface area (Å²) in [5, 5.41) is 8.83. The Hall–Kier alpha value is -2.43. The van der Waals surface area contributed by atoms with Crippen LogP contribution in [0.25, 0.3) is 0 Å². The standard InChI is InChI=1S/C14H12FNO3/c1-9-2-3-13(7-16-9)19-8-10-4-11(14(17)18)6-12(15)5-10/h2-7H,8H2,1H3,(H,17,18). The van der Waals surface area contributed by atoms with Crippen molar-refractivity contribution in [2.24, 2.45) is 0 Å². The Morgan fingerprint density at radius 1 is 1.37 bits per heavy atom. The van der Waals surface area contributed by atoms with Gasteiger partial charge in [0.25, 0.3) is 0 Å². The van der Waals surface area contributed by atoms with Gasteiger partial charge in [-0.25, -0.2) is 9.18 Å². The van der Waals surface area contributed by atoms with Crippen molar-refractivity contribution >= 4 is 5.97 Å². The molecule has 0 aliphatic heterocycles. The summed E-state index contributed by atoms with van der Waals surface area (Å²) in [5.74, 6) is -1.22. The van der Waals surface area contributed by atoms with Crippen LogP contribution in [0, 0.1) is 12.7 Å². The third-order valence-electron chi connectivity index (χ3n) is 2.49. The van der Waals surface area contributed by atoms with Crippen LogP contribution in [0.1, 0.15) is 21.6 Å². The number of halogens is 1. The molecule has 5 heteroatoms. The van der Waals surface area contributed by atoms with Crippen LogP contribution >= 0.6 is 0 Å². The molecule has 19 heavy (non-hydrogen) atoms. The Balaban J connectivity index is 2.11. The molecule has 1 aromatic carbocycles. The Kier molecular flexibility index (Phi) is 3.75. The lowest BCUT2D eigenvalue weighted by molar-refractivity contribution is 0.0696. The van der Waals surface area contributed by atoms with Crippen LogP contribution in [0.15, 0.2) is 36.5 Å². The van der Waals surface area contributed by atoms with Crippen molar-refractivity contribution in [3.63, 3.8) is 0 Å². The zero-order chi connectivity index (χ0) is 13.8. The highest BCUT2D eigenvalue weighted by molar-refractivity contribution is 5.87. The Morgan fingerprint density at radius 2 is 2.16 bits per heavy atom. The smallest absolute Gasteiger partial charge is 0.335 e. The third kappa shape index (κ3) is 3.51. The average molecular weight is 261 g/mol. The highest BCUT2D eigenvalue weighted by Crippen LogP contribution is 2.14. The van der Waals surface area contributed by atoms with E-state index in [1.54, 1.807) is 18.3 Å². The molecule has 1 heterocycles. The lowest BCUT2D eigenvalue weighted by atomic mass is 10.1. The molecule has 0 spiro atoms. The summed E-state index contributed by atoms with van der Waals surface area (Å²) < 4.78 is 18.7. The van der Waals surface area contributed by atoms with Gasteiger partial charge in [-0.1, -0.05) is 0 Å². The number of carbonyl (C=O) groups is 1. The number of hydrogen-bond acceptors (Lipinski definition) is 3. The number of aromatic carboxylic acids is 1. The summed E-state index contributed by atoms with van der Waals surface area (Å²) in [5.41, 5.74) is 1.23. The molecule has 4 nitrogen and oxygen atoms in total. The van der Waals surface area contributed by atoms with Crippen LogP contribution in [-0.2, 0) is 6.61 Å². The van der Waals surface area contributed by atoms with Crippen molar-refractivity contribution in [1.82, 2.24) is 4.98 Å². The van der Waals surface area contributed by atoms with E-state index >= 15 is 0 Å². The largest absolute Gasteiger partial charge is 0.487 e.